The number of carboxylic acid groups (broad SMARTS) is 1. The average molecular weight is 540 g/mol. The molecular weight excluding hydrogens is 506 g/mol. The lowest BCUT2D eigenvalue weighted by atomic mass is 10.1. The van der Waals surface area contributed by atoms with Crippen molar-refractivity contribution in [1.82, 2.24) is 15.3 Å². The predicted octanol–water partition coefficient (Wildman–Crippen LogP) is 4.29. The normalized spacial score (nSPS) is 12.5. The molecule has 0 aliphatic carbocycles. The number of rotatable bonds is 10. The fourth-order valence-corrected chi connectivity index (χ4v) is 9.39. The zero-order valence-corrected chi connectivity index (χ0v) is 23.4. The maximum absolute atomic E-state index is 12.9. The van der Waals surface area contributed by atoms with E-state index in [1.165, 1.54) is 0 Å². The van der Waals surface area contributed by atoms with Gasteiger partial charge in [-0.05, 0) is 33.6 Å². The quantitative estimate of drug-likeness (QED) is 0.292. The molecule has 39 heavy (non-hydrogen) atoms. The van der Waals surface area contributed by atoms with E-state index in [1.54, 1.807) is 42.7 Å². The summed E-state index contributed by atoms with van der Waals surface area (Å²) in [5, 5.41) is 14.6. The van der Waals surface area contributed by atoms with Crippen molar-refractivity contribution in [3.05, 3.63) is 109 Å². The molecule has 0 bridgehead atoms. The molecule has 1 atom stereocenters. The third-order valence-corrected chi connectivity index (χ3v) is 11.8. The molecule has 1 amide bonds. The molecule has 0 saturated heterocycles. The third kappa shape index (κ3) is 6.30. The molecule has 4 rings (SSSR count). The van der Waals surface area contributed by atoms with Crippen LogP contribution in [-0.2, 0) is 9.22 Å². The molecule has 0 fully saturated rings. The van der Waals surface area contributed by atoms with Crippen molar-refractivity contribution in [3.63, 3.8) is 0 Å². The summed E-state index contributed by atoms with van der Waals surface area (Å²) in [6.45, 7) is 6.67. The van der Waals surface area contributed by atoms with Crippen molar-refractivity contribution < 1.29 is 19.1 Å². The van der Waals surface area contributed by atoms with E-state index in [2.05, 4.69) is 60.3 Å². The zero-order valence-electron chi connectivity index (χ0n) is 22.4. The number of carbonyl (C=O) groups is 2. The summed E-state index contributed by atoms with van der Waals surface area (Å²) < 4.78 is 6.81. The monoisotopic (exact) mass is 539 g/mol. The van der Waals surface area contributed by atoms with Gasteiger partial charge >= 0.3 is 5.97 Å². The van der Waals surface area contributed by atoms with Gasteiger partial charge in [-0.3, -0.25) is 4.79 Å². The number of benzene rings is 3. The summed E-state index contributed by atoms with van der Waals surface area (Å²) in [5.41, 5.74) is 1.12. The van der Waals surface area contributed by atoms with Crippen LogP contribution in [0.4, 0.5) is 0 Å². The minimum atomic E-state index is -2.81. The van der Waals surface area contributed by atoms with E-state index in [0.717, 1.165) is 15.9 Å². The SMILES string of the molecule is CC(C)(C)[Si](OCC[C@H](NC(=O)c1ccc(-c2ncccn2)cc1)C(=O)O)(c1ccccc1)c1ccccc1. The Morgan fingerprint density at radius 1 is 0.846 bits per heavy atom. The lowest BCUT2D eigenvalue weighted by Crippen LogP contribution is -2.66. The highest BCUT2D eigenvalue weighted by Crippen LogP contribution is 2.36. The molecule has 0 unspecified atom stereocenters. The number of hydrogen-bond donors (Lipinski definition) is 2. The summed E-state index contributed by atoms with van der Waals surface area (Å²) in [6.07, 6.45) is 3.42. The van der Waals surface area contributed by atoms with Crippen molar-refractivity contribution in [2.24, 2.45) is 0 Å². The molecule has 200 valence electrons. The number of nitrogens with zero attached hydrogens (tertiary/aromatic N) is 2. The lowest BCUT2D eigenvalue weighted by Gasteiger charge is -2.43. The molecule has 8 heteroatoms. The summed E-state index contributed by atoms with van der Waals surface area (Å²) in [6, 6.07) is 27.7. The molecule has 0 aliphatic rings. The summed E-state index contributed by atoms with van der Waals surface area (Å²) >= 11 is 0. The number of amides is 1. The molecule has 1 aromatic heterocycles. The zero-order chi connectivity index (χ0) is 27.9. The molecule has 3 aromatic carbocycles. The Morgan fingerprint density at radius 3 is 1.87 bits per heavy atom. The van der Waals surface area contributed by atoms with Crippen LogP contribution < -0.4 is 15.7 Å². The van der Waals surface area contributed by atoms with Gasteiger partial charge in [-0.2, -0.15) is 0 Å². The highest BCUT2D eigenvalue weighted by atomic mass is 28.4. The number of nitrogens with one attached hydrogen (secondary N) is 1. The molecule has 2 N–H and O–H groups in total. The first-order chi connectivity index (χ1) is 18.7. The van der Waals surface area contributed by atoms with Crippen LogP contribution in [0.2, 0.25) is 5.04 Å². The fourth-order valence-electron chi connectivity index (χ4n) is 4.81. The van der Waals surface area contributed by atoms with Gasteiger partial charge in [-0.25, -0.2) is 14.8 Å². The number of hydrogen-bond acceptors (Lipinski definition) is 5. The van der Waals surface area contributed by atoms with E-state index in [0.29, 0.717) is 11.4 Å². The second-order valence-electron chi connectivity index (χ2n) is 10.3. The largest absolute Gasteiger partial charge is 0.480 e. The van der Waals surface area contributed by atoms with E-state index in [-0.39, 0.29) is 18.1 Å². The van der Waals surface area contributed by atoms with Crippen LogP contribution in [0.1, 0.15) is 37.6 Å². The van der Waals surface area contributed by atoms with Crippen molar-refractivity contribution >= 4 is 30.6 Å². The van der Waals surface area contributed by atoms with Crippen molar-refractivity contribution in [2.75, 3.05) is 6.61 Å². The molecule has 7 nitrogen and oxygen atoms in total. The van der Waals surface area contributed by atoms with Gasteiger partial charge in [0.05, 0.1) is 0 Å². The summed E-state index contributed by atoms with van der Waals surface area (Å²) in [5.74, 6) is -1.02. The van der Waals surface area contributed by atoms with Gasteiger partial charge in [0.1, 0.15) is 6.04 Å². The van der Waals surface area contributed by atoms with Crippen LogP contribution in [0.15, 0.2) is 103 Å². The topological polar surface area (TPSA) is 101 Å². The van der Waals surface area contributed by atoms with E-state index in [4.69, 9.17) is 4.43 Å². The molecule has 0 saturated carbocycles. The van der Waals surface area contributed by atoms with Gasteiger partial charge in [0.2, 0.25) is 0 Å². The average Bonchev–Trinajstić information content (AvgIpc) is 2.95. The highest BCUT2D eigenvalue weighted by Gasteiger charge is 2.50. The van der Waals surface area contributed by atoms with Gasteiger partial charge in [-0.15, -0.1) is 0 Å². The van der Waals surface area contributed by atoms with Gasteiger partial charge in [0.15, 0.2) is 5.82 Å². The molecule has 1 heterocycles. The van der Waals surface area contributed by atoms with Gasteiger partial charge in [0, 0.05) is 36.5 Å². The molecule has 0 spiro atoms. The fraction of sp³-hybridized carbons (Fsp3) is 0.226. The van der Waals surface area contributed by atoms with E-state index in [1.807, 2.05) is 36.4 Å². The van der Waals surface area contributed by atoms with E-state index < -0.39 is 26.2 Å². The molecule has 4 aromatic rings. The second-order valence-corrected chi connectivity index (χ2v) is 14.6. The van der Waals surface area contributed by atoms with Crippen molar-refractivity contribution in [3.8, 4) is 11.4 Å². The maximum atomic E-state index is 12.9. The van der Waals surface area contributed by atoms with Crippen LogP contribution in [-0.4, -0.2) is 47.9 Å². The highest BCUT2D eigenvalue weighted by molar-refractivity contribution is 6.99. The van der Waals surface area contributed by atoms with Gasteiger partial charge < -0.3 is 14.8 Å². The molecule has 0 radical (unpaired) electrons. The minimum absolute atomic E-state index is 0.126. The lowest BCUT2D eigenvalue weighted by molar-refractivity contribution is -0.139. The van der Waals surface area contributed by atoms with Crippen LogP contribution in [0.3, 0.4) is 0 Å². The van der Waals surface area contributed by atoms with Crippen molar-refractivity contribution in [2.45, 2.75) is 38.3 Å². The van der Waals surface area contributed by atoms with Crippen LogP contribution >= 0.6 is 0 Å². The second kappa shape index (κ2) is 12.1. The standard InChI is InChI=1S/C31H33N3O4Si/c1-31(2,3)39(25-11-6-4-7-12-25,26-13-8-5-9-14-26)38-22-19-27(30(36)37)34-29(35)24-17-15-23(16-18-24)28-32-20-10-21-33-28/h4-18,20-21,27H,19,22H2,1-3H3,(H,34,35)(H,36,37)/t27-/m0/s1. The predicted molar refractivity (Wildman–Crippen MR) is 155 cm³/mol. The molecule has 0 aliphatic heterocycles. The third-order valence-electron chi connectivity index (χ3n) is 6.72. The Morgan fingerprint density at radius 2 is 1.38 bits per heavy atom. The first kappa shape index (κ1) is 27.9. The van der Waals surface area contributed by atoms with Crippen LogP contribution in [0.5, 0.6) is 0 Å². The van der Waals surface area contributed by atoms with Gasteiger partial charge in [0.25, 0.3) is 14.2 Å². The number of carboxylic acids is 1. The summed E-state index contributed by atoms with van der Waals surface area (Å²) in [7, 11) is -2.81. The number of aromatic nitrogens is 2. The van der Waals surface area contributed by atoms with Gasteiger partial charge in [-0.1, -0.05) is 93.6 Å². The Balaban J connectivity index is 1.51. The first-order valence-corrected chi connectivity index (χ1v) is 14.8. The van der Waals surface area contributed by atoms with Crippen LogP contribution in [0, 0.1) is 0 Å². The minimum Gasteiger partial charge on any atom is -0.480 e. The van der Waals surface area contributed by atoms with Crippen LogP contribution in [0.25, 0.3) is 11.4 Å². The Kier molecular flexibility index (Phi) is 8.68. The first-order valence-electron chi connectivity index (χ1n) is 12.9. The Hall–Kier alpha value is -4.14. The number of carbonyl (C=O) groups excluding carboxylic acids is 1. The smallest absolute Gasteiger partial charge is 0.326 e. The Labute approximate surface area is 230 Å². The van der Waals surface area contributed by atoms with E-state index in [9.17, 15) is 14.7 Å². The Bertz CT molecular complexity index is 1340. The number of aliphatic carboxylic acids is 1. The van der Waals surface area contributed by atoms with E-state index >= 15 is 0 Å². The van der Waals surface area contributed by atoms with Crippen molar-refractivity contribution in [1.29, 1.82) is 0 Å². The molecular formula is C31H33N3O4Si. The summed E-state index contributed by atoms with van der Waals surface area (Å²) in [4.78, 5) is 33.5. The maximum Gasteiger partial charge on any atom is 0.326 e.